The SMILES string of the molecule is CCOc1ccc(CC(=O)NCCc2cn3cc(Cl)cc(Cl)c3n2)cc1. The molecule has 2 aromatic heterocycles. The molecule has 26 heavy (non-hydrogen) atoms. The van der Waals surface area contributed by atoms with Crippen LogP contribution >= 0.6 is 23.2 Å². The third-order valence-corrected chi connectivity index (χ3v) is 4.31. The minimum atomic E-state index is -0.0287. The number of pyridine rings is 1. The number of imidazole rings is 1. The Balaban J connectivity index is 1.51. The second kappa shape index (κ2) is 8.43. The van der Waals surface area contributed by atoms with Crippen molar-refractivity contribution in [2.45, 2.75) is 19.8 Å². The Morgan fingerprint density at radius 2 is 2.00 bits per heavy atom. The second-order valence-corrected chi connectivity index (χ2v) is 6.67. The van der Waals surface area contributed by atoms with Crippen LogP contribution in [0.25, 0.3) is 5.65 Å². The molecule has 0 saturated heterocycles. The molecule has 1 amide bonds. The summed E-state index contributed by atoms with van der Waals surface area (Å²) in [5.41, 5.74) is 2.45. The van der Waals surface area contributed by atoms with Gasteiger partial charge in [0.15, 0.2) is 5.65 Å². The van der Waals surface area contributed by atoms with Crippen LogP contribution in [0.4, 0.5) is 0 Å². The van der Waals surface area contributed by atoms with Gasteiger partial charge in [-0.15, -0.1) is 0 Å². The number of nitrogens with one attached hydrogen (secondary N) is 1. The van der Waals surface area contributed by atoms with E-state index in [4.69, 9.17) is 27.9 Å². The van der Waals surface area contributed by atoms with Crippen molar-refractivity contribution in [2.75, 3.05) is 13.2 Å². The monoisotopic (exact) mass is 391 g/mol. The zero-order chi connectivity index (χ0) is 18.5. The van der Waals surface area contributed by atoms with Gasteiger partial charge in [-0.2, -0.15) is 0 Å². The minimum absolute atomic E-state index is 0.0287. The van der Waals surface area contributed by atoms with Crippen molar-refractivity contribution < 1.29 is 9.53 Å². The van der Waals surface area contributed by atoms with E-state index in [0.29, 0.717) is 41.7 Å². The lowest BCUT2D eigenvalue weighted by atomic mass is 10.1. The van der Waals surface area contributed by atoms with Gasteiger partial charge in [0.2, 0.25) is 5.91 Å². The van der Waals surface area contributed by atoms with Crippen LogP contribution in [0.5, 0.6) is 5.75 Å². The van der Waals surface area contributed by atoms with E-state index in [1.165, 1.54) is 0 Å². The summed E-state index contributed by atoms with van der Waals surface area (Å²) < 4.78 is 7.19. The van der Waals surface area contributed by atoms with Gasteiger partial charge < -0.3 is 14.5 Å². The van der Waals surface area contributed by atoms with E-state index in [-0.39, 0.29) is 5.91 Å². The molecule has 0 aliphatic carbocycles. The highest BCUT2D eigenvalue weighted by molar-refractivity contribution is 6.36. The van der Waals surface area contributed by atoms with Crippen molar-refractivity contribution in [3.05, 3.63) is 64.0 Å². The standard InChI is InChI=1S/C19H19Cl2N3O2/c1-2-26-16-5-3-13(4-6-16)9-18(25)22-8-7-15-12-24-11-14(20)10-17(21)19(24)23-15/h3-6,10-12H,2,7-9H2,1H3,(H,22,25). The third-order valence-electron chi connectivity index (χ3n) is 3.83. The lowest BCUT2D eigenvalue weighted by Crippen LogP contribution is -2.27. The second-order valence-electron chi connectivity index (χ2n) is 5.82. The fraction of sp³-hybridized carbons (Fsp3) is 0.263. The highest BCUT2D eigenvalue weighted by Crippen LogP contribution is 2.21. The number of benzene rings is 1. The number of aromatic nitrogens is 2. The van der Waals surface area contributed by atoms with Crippen LogP contribution < -0.4 is 10.1 Å². The first-order chi connectivity index (χ1) is 12.5. The number of fused-ring (bicyclic) bond motifs is 1. The molecule has 5 nitrogen and oxygen atoms in total. The maximum Gasteiger partial charge on any atom is 0.224 e. The van der Waals surface area contributed by atoms with Crippen LogP contribution in [0.2, 0.25) is 10.0 Å². The molecule has 2 heterocycles. The maximum atomic E-state index is 12.1. The predicted molar refractivity (Wildman–Crippen MR) is 103 cm³/mol. The summed E-state index contributed by atoms with van der Waals surface area (Å²) in [7, 11) is 0. The van der Waals surface area contributed by atoms with E-state index in [0.717, 1.165) is 17.0 Å². The number of carbonyl (C=O) groups is 1. The predicted octanol–water partition coefficient (Wildman–Crippen LogP) is 3.94. The van der Waals surface area contributed by atoms with Crippen LogP contribution in [0.15, 0.2) is 42.7 Å². The average molecular weight is 392 g/mol. The van der Waals surface area contributed by atoms with Crippen molar-refractivity contribution in [1.29, 1.82) is 0 Å². The highest BCUT2D eigenvalue weighted by atomic mass is 35.5. The number of amides is 1. The molecule has 0 atom stereocenters. The van der Waals surface area contributed by atoms with Gasteiger partial charge in [-0.1, -0.05) is 35.3 Å². The average Bonchev–Trinajstić information content (AvgIpc) is 3.00. The van der Waals surface area contributed by atoms with Crippen LogP contribution in [0.3, 0.4) is 0 Å². The first kappa shape index (κ1) is 18.5. The maximum absolute atomic E-state index is 12.1. The Bertz CT molecular complexity index is 907. The van der Waals surface area contributed by atoms with Crippen LogP contribution in [0, 0.1) is 0 Å². The fourth-order valence-corrected chi connectivity index (χ4v) is 3.17. The molecule has 1 N–H and O–H groups in total. The number of hydrogen-bond acceptors (Lipinski definition) is 3. The van der Waals surface area contributed by atoms with E-state index < -0.39 is 0 Å². The number of hydrogen-bond donors (Lipinski definition) is 1. The van der Waals surface area contributed by atoms with Gasteiger partial charge in [-0.05, 0) is 30.7 Å². The van der Waals surface area contributed by atoms with Crippen molar-refractivity contribution >= 4 is 34.8 Å². The normalized spacial score (nSPS) is 10.9. The molecule has 0 saturated carbocycles. The first-order valence-corrected chi connectivity index (χ1v) is 9.12. The molecular formula is C19H19Cl2N3O2. The van der Waals surface area contributed by atoms with E-state index in [1.54, 1.807) is 16.7 Å². The summed E-state index contributed by atoms with van der Waals surface area (Å²) in [5, 5.41) is 3.97. The zero-order valence-electron chi connectivity index (χ0n) is 14.3. The number of rotatable bonds is 7. The van der Waals surface area contributed by atoms with Crippen molar-refractivity contribution in [1.82, 2.24) is 14.7 Å². The van der Waals surface area contributed by atoms with Gasteiger partial charge in [-0.25, -0.2) is 4.98 Å². The van der Waals surface area contributed by atoms with Gasteiger partial charge >= 0.3 is 0 Å². The number of ether oxygens (including phenoxy) is 1. The third kappa shape index (κ3) is 4.68. The van der Waals surface area contributed by atoms with E-state index >= 15 is 0 Å². The first-order valence-electron chi connectivity index (χ1n) is 8.36. The van der Waals surface area contributed by atoms with Gasteiger partial charge in [0.1, 0.15) is 5.75 Å². The molecule has 136 valence electrons. The van der Waals surface area contributed by atoms with E-state index in [9.17, 15) is 4.79 Å². The molecule has 0 aliphatic rings. The molecule has 0 bridgehead atoms. The van der Waals surface area contributed by atoms with Crippen LogP contribution in [-0.2, 0) is 17.6 Å². The minimum Gasteiger partial charge on any atom is -0.494 e. The molecule has 0 spiro atoms. The number of nitrogens with zero attached hydrogens (tertiary/aromatic N) is 2. The fourth-order valence-electron chi connectivity index (χ4n) is 2.64. The Kier molecular flexibility index (Phi) is 6.01. The topological polar surface area (TPSA) is 55.6 Å². The molecule has 1 aromatic carbocycles. The Labute approximate surface area is 161 Å². The lowest BCUT2D eigenvalue weighted by molar-refractivity contribution is -0.120. The van der Waals surface area contributed by atoms with E-state index in [1.807, 2.05) is 37.4 Å². The smallest absolute Gasteiger partial charge is 0.224 e. The van der Waals surface area contributed by atoms with Crippen molar-refractivity contribution in [2.24, 2.45) is 0 Å². The summed E-state index contributed by atoms with van der Waals surface area (Å²) in [6.45, 7) is 3.07. The Hall–Kier alpha value is -2.24. The highest BCUT2D eigenvalue weighted by Gasteiger charge is 2.08. The zero-order valence-corrected chi connectivity index (χ0v) is 15.8. The summed E-state index contributed by atoms with van der Waals surface area (Å²) in [4.78, 5) is 16.5. The summed E-state index contributed by atoms with van der Waals surface area (Å²) >= 11 is 12.1. The summed E-state index contributed by atoms with van der Waals surface area (Å²) in [6.07, 6.45) is 4.57. The molecule has 3 aromatic rings. The van der Waals surface area contributed by atoms with Crippen molar-refractivity contribution in [3.8, 4) is 5.75 Å². The molecule has 7 heteroatoms. The van der Waals surface area contributed by atoms with E-state index in [2.05, 4.69) is 10.3 Å². The van der Waals surface area contributed by atoms with Gasteiger partial charge in [0, 0.05) is 25.4 Å². The number of halogens is 2. The molecule has 0 radical (unpaired) electrons. The summed E-state index contributed by atoms with van der Waals surface area (Å²) in [5.74, 6) is 0.779. The van der Waals surface area contributed by atoms with Crippen molar-refractivity contribution in [3.63, 3.8) is 0 Å². The summed E-state index contributed by atoms with van der Waals surface area (Å²) in [6, 6.07) is 9.21. The number of carbonyl (C=O) groups excluding carboxylic acids is 1. The molecule has 3 rings (SSSR count). The molecule has 0 unspecified atom stereocenters. The van der Waals surface area contributed by atoms with Gasteiger partial charge in [0.05, 0.1) is 28.8 Å². The van der Waals surface area contributed by atoms with Crippen LogP contribution in [0.1, 0.15) is 18.2 Å². The lowest BCUT2D eigenvalue weighted by Gasteiger charge is -2.06. The molecule has 0 fully saturated rings. The quantitative estimate of drug-likeness (QED) is 0.663. The molecular weight excluding hydrogens is 373 g/mol. The molecule has 0 aliphatic heterocycles. The largest absolute Gasteiger partial charge is 0.494 e. The Morgan fingerprint density at radius 3 is 2.73 bits per heavy atom. The van der Waals surface area contributed by atoms with Gasteiger partial charge in [-0.3, -0.25) is 4.79 Å². The van der Waals surface area contributed by atoms with Gasteiger partial charge in [0.25, 0.3) is 0 Å². The Morgan fingerprint density at radius 1 is 1.23 bits per heavy atom. The van der Waals surface area contributed by atoms with Crippen LogP contribution in [-0.4, -0.2) is 28.4 Å².